The number of hydrogen-bond donors (Lipinski definition) is 0. The molecular formula is C25H27N3O5S. The molecule has 2 aromatic carbocycles. The predicted octanol–water partition coefficient (Wildman–Crippen LogP) is 3.67. The van der Waals surface area contributed by atoms with Gasteiger partial charge in [-0.2, -0.15) is 0 Å². The highest BCUT2D eigenvalue weighted by molar-refractivity contribution is 7.89. The molecular weight excluding hydrogens is 454 g/mol. The summed E-state index contributed by atoms with van der Waals surface area (Å²) in [5.41, 5.74) is 2.68. The third kappa shape index (κ3) is 4.99. The lowest BCUT2D eigenvalue weighted by molar-refractivity contribution is 0.0623. The molecule has 9 heteroatoms. The fourth-order valence-electron chi connectivity index (χ4n) is 3.77. The van der Waals surface area contributed by atoms with Gasteiger partial charge in [-0.05, 0) is 43.7 Å². The number of rotatable bonds is 5. The van der Waals surface area contributed by atoms with Crippen LogP contribution in [0, 0.1) is 13.8 Å². The highest BCUT2D eigenvalue weighted by Crippen LogP contribution is 2.22. The summed E-state index contributed by atoms with van der Waals surface area (Å²) in [5, 5.41) is 0. The monoisotopic (exact) mass is 481 g/mol. The van der Waals surface area contributed by atoms with Crippen LogP contribution in [0.3, 0.4) is 0 Å². The maximum Gasteiger partial charge on any atom is 0.334 e. The summed E-state index contributed by atoms with van der Waals surface area (Å²) in [6.07, 6.45) is 1.44. The Labute approximate surface area is 199 Å². The molecule has 1 saturated heterocycles. The van der Waals surface area contributed by atoms with Crippen LogP contribution in [0.4, 0.5) is 4.79 Å². The zero-order valence-corrected chi connectivity index (χ0v) is 20.0. The van der Waals surface area contributed by atoms with Crippen molar-refractivity contribution in [3.05, 3.63) is 89.4 Å². The Morgan fingerprint density at radius 1 is 0.853 bits per heavy atom. The predicted molar refractivity (Wildman–Crippen MR) is 127 cm³/mol. The Kier molecular flexibility index (Phi) is 6.74. The quantitative estimate of drug-likeness (QED) is 0.555. The molecule has 1 aromatic heterocycles. The lowest BCUT2D eigenvalue weighted by atomic mass is 10.1. The molecule has 0 atom stereocenters. The van der Waals surface area contributed by atoms with Crippen LogP contribution in [0.1, 0.15) is 27.2 Å². The van der Waals surface area contributed by atoms with Crippen molar-refractivity contribution < 1.29 is 22.4 Å². The Balaban J connectivity index is 1.56. The fourth-order valence-corrected chi connectivity index (χ4v) is 5.14. The average molecular weight is 482 g/mol. The summed E-state index contributed by atoms with van der Waals surface area (Å²) in [7, 11) is -4.09. The minimum absolute atomic E-state index is 0.0604. The van der Waals surface area contributed by atoms with Crippen molar-refractivity contribution in [3.8, 4) is 0 Å². The first kappa shape index (κ1) is 23.6. The van der Waals surface area contributed by atoms with Gasteiger partial charge in [-0.3, -0.25) is 4.79 Å². The number of benzene rings is 2. The second-order valence-corrected chi connectivity index (χ2v) is 10.2. The summed E-state index contributed by atoms with van der Waals surface area (Å²) in [6.45, 7) is 4.75. The zero-order chi connectivity index (χ0) is 24.3. The summed E-state index contributed by atoms with van der Waals surface area (Å²) in [6, 6.07) is 16.5. The molecule has 34 heavy (non-hydrogen) atoms. The molecule has 1 aliphatic heterocycles. The molecule has 8 nitrogen and oxygen atoms in total. The lowest BCUT2D eigenvalue weighted by Gasteiger charge is -2.37. The number of nitrogens with zero attached hydrogens (tertiary/aromatic N) is 3. The first-order valence-corrected chi connectivity index (χ1v) is 12.5. The molecule has 0 N–H and O–H groups in total. The van der Waals surface area contributed by atoms with Crippen molar-refractivity contribution in [1.29, 1.82) is 0 Å². The molecule has 2 heterocycles. The normalized spacial score (nSPS) is 14.2. The molecule has 0 radical (unpaired) electrons. The number of urea groups is 1. The molecule has 0 bridgehead atoms. The first-order valence-electron chi connectivity index (χ1n) is 11.0. The van der Waals surface area contributed by atoms with Crippen molar-refractivity contribution in [2.45, 2.75) is 25.3 Å². The Hall–Kier alpha value is -3.59. The van der Waals surface area contributed by atoms with Crippen LogP contribution >= 0.6 is 0 Å². The number of hydrogen-bond acceptors (Lipinski definition) is 5. The summed E-state index contributed by atoms with van der Waals surface area (Å²) in [5.74, 6) is -0.0105. The number of sulfonamides is 1. The van der Waals surface area contributed by atoms with E-state index in [9.17, 15) is 18.0 Å². The largest absolute Gasteiger partial charge is 0.459 e. The van der Waals surface area contributed by atoms with E-state index < -0.39 is 16.1 Å². The summed E-state index contributed by atoms with van der Waals surface area (Å²) >= 11 is 0. The van der Waals surface area contributed by atoms with Gasteiger partial charge in [0.15, 0.2) is 5.76 Å². The van der Waals surface area contributed by atoms with E-state index in [0.717, 1.165) is 15.4 Å². The van der Waals surface area contributed by atoms with E-state index in [1.165, 1.54) is 23.3 Å². The van der Waals surface area contributed by atoms with Gasteiger partial charge < -0.3 is 14.2 Å². The van der Waals surface area contributed by atoms with Crippen LogP contribution in [-0.4, -0.2) is 60.6 Å². The van der Waals surface area contributed by atoms with E-state index in [2.05, 4.69) is 0 Å². The van der Waals surface area contributed by atoms with E-state index in [4.69, 9.17) is 4.42 Å². The number of carbonyl (C=O) groups is 2. The van der Waals surface area contributed by atoms with Gasteiger partial charge in [-0.15, -0.1) is 0 Å². The van der Waals surface area contributed by atoms with E-state index >= 15 is 0 Å². The molecule has 3 amide bonds. The maximum absolute atomic E-state index is 13.5. The van der Waals surface area contributed by atoms with Crippen molar-refractivity contribution in [2.24, 2.45) is 0 Å². The highest BCUT2D eigenvalue weighted by Gasteiger charge is 2.35. The zero-order valence-electron chi connectivity index (χ0n) is 19.2. The maximum atomic E-state index is 13.5. The standard InChI is InChI=1S/C25H27N3O5S/c1-19-5-9-21(10-6-19)18-28(34(31,32)22-11-7-20(2)8-12-22)25(30)27-15-13-26(14-16-27)24(29)23-4-3-17-33-23/h3-12,17H,13-16,18H2,1-2H3. The van der Waals surface area contributed by atoms with Gasteiger partial charge in [-0.25, -0.2) is 17.5 Å². The molecule has 4 rings (SSSR count). The first-order chi connectivity index (χ1) is 16.3. The molecule has 0 aliphatic carbocycles. The topological polar surface area (TPSA) is 91.1 Å². The van der Waals surface area contributed by atoms with Crippen LogP contribution < -0.4 is 0 Å². The summed E-state index contributed by atoms with van der Waals surface area (Å²) in [4.78, 5) is 29.2. The van der Waals surface area contributed by atoms with Crippen LogP contribution in [0.15, 0.2) is 76.2 Å². The second-order valence-electron chi connectivity index (χ2n) is 8.35. The van der Waals surface area contributed by atoms with Gasteiger partial charge in [0.2, 0.25) is 0 Å². The lowest BCUT2D eigenvalue weighted by Crippen LogP contribution is -2.54. The third-order valence-electron chi connectivity index (χ3n) is 5.84. The van der Waals surface area contributed by atoms with E-state index in [-0.39, 0.29) is 49.3 Å². The third-order valence-corrected chi connectivity index (χ3v) is 7.57. The van der Waals surface area contributed by atoms with E-state index in [0.29, 0.717) is 5.56 Å². The van der Waals surface area contributed by atoms with Crippen molar-refractivity contribution in [1.82, 2.24) is 14.1 Å². The Morgan fingerprint density at radius 2 is 1.41 bits per heavy atom. The van der Waals surface area contributed by atoms with Crippen LogP contribution in [0.25, 0.3) is 0 Å². The van der Waals surface area contributed by atoms with E-state index in [1.807, 2.05) is 38.1 Å². The molecule has 178 valence electrons. The van der Waals surface area contributed by atoms with Crippen LogP contribution in [0.2, 0.25) is 0 Å². The minimum atomic E-state index is -4.09. The fraction of sp³-hybridized carbons (Fsp3) is 0.280. The molecule has 1 fully saturated rings. The smallest absolute Gasteiger partial charge is 0.334 e. The highest BCUT2D eigenvalue weighted by atomic mass is 32.2. The minimum Gasteiger partial charge on any atom is -0.459 e. The van der Waals surface area contributed by atoms with E-state index in [1.54, 1.807) is 29.2 Å². The Bertz CT molecular complexity index is 1240. The number of aryl methyl sites for hydroxylation is 2. The van der Waals surface area contributed by atoms with Gasteiger partial charge in [0.1, 0.15) is 0 Å². The molecule has 0 unspecified atom stereocenters. The van der Waals surface area contributed by atoms with Crippen molar-refractivity contribution in [2.75, 3.05) is 26.2 Å². The van der Waals surface area contributed by atoms with Crippen LogP contribution in [-0.2, 0) is 16.6 Å². The van der Waals surface area contributed by atoms with Gasteiger partial charge in [-0.1, -0.05) is 47.5 Å². The number of piperazine rings is 1. The summed E-state index contributed by atoms with van der Waals surface area (Å²) < 4.78 is 33.2. The number of carbonyl (C=O) groups excluding carboxylic acids is 2. The Morgan fingerprint density at radius 3 is 1.97 bits per heavy atom. The molecule has 3 aromatic rings. The van der Waals surface area contributed by atoms with Gasteiger partial charge >= 0.3 is 6.03 Å². The average Bonchev–Trinajstić information content (AvgIpc) is 3.38. The van der Waals surface area contributed by atoms with Crippen molar-refractivity contribution >= 4 is 22.0 Å². The van der Waals surface area contributed by atoms with Crippen molar-refractivity contribution in [3.63, 3.8) is 0 Å². The molecule has 1 aliphatic rings. The molecule has 0 saturated carbocycles. The second kappa shape index (κ2) is 9.72. The number of amides is 3. The SMILES string of the molecule is Cc1ccc(CN(C(=O)N2CCN(C(=O)c3ccco3)CC2)S(=O)(=O)c2ccc(C)cc2)cc1. The van der Waals surface area contributed by atoms with Crippen LogP contribution in [0.5, 0.6) is 0 Å². The van der Waals surface area contributed by atoms with Gasteiger partial charge in [0.05, 0.1) is 17.7 Å². The number of furan rings is 1. The molecule has 0 spiro atoms. The van der Waals surface area contributed by atoms with Gasteiger partial charge in [0, 0.05) is 26.2 Å². The van der Waals surface area contributed by atoms with Gasteiger partial charge in [0.25, 0.3) is 15.9 Å².